The summed E-state index contributed by atoms with van der Waals surface area (Å²) >= 11 is 4.09. The van der Waals surface area contributed by atoms with Crippen LogP contribution in [0.15, 0.2) is 24.3 Å². The van der Waals surface area contributed by atoms with Crippen LogP contribution in [0.4, 0.5) is 5.69 Å². The second-order valence-corrected chi connectivity index (χ2v) is 11.7. The minimum Gasteiger partial charge on any atom is -0.368 e. The van der Waals surface area contributed by atoms with E-state index in [1.807, 2.05) is 0 Å². The molecular weight excluding hydrogens is 400 g/mol. The van der Waals surface area contributed by atoms with E-state index in [9.17, 15) is 4.79 Å². The first-order valence-corrected chi connectivity index (χ1v) is 11.5. The molecule has 0 N–H and O–H groups in total. The molecule has 1 heterocycles. The van der Waals surface area contributed by atoms with Gasteiger partial charge in [0.15, 0.2) is 0 Å². The maximum Gasteiger partial charge on any atom is 0.223 e. The Bertz CT molecular complexity index is 726. The number of amides is 1. The summed E-state index contributed by atoms with van der Waals surface area (Å²) in [7, 11) is 0. The van der Waals surface area contributed by atoms with E-state index >= 15 is 0 Å². The van der Waals surface area contributed by atoms with Gasteiger partial charge in [0.2, 0.25) is 5.91 Å². The summed E-state index contributed by atoms with van der Waals surface area (Å²) in [5.74, 6) is 2.13. The Balaban J connectivity index is 1.22. The maximum absolute atomic E-state index is 13.2. The van der Waals surface area contributed by atoms with Crippen molar-refractivity contribution in [1.82, 2.24) is 4.90 Å². The molecule has 1 aromatic rings. The zero-order valence-corrected chi connectivity index (χ0v) is 18.0. The van der Waals surface area contributed by atoms with Crippen LogP contribution in [-0.2, 0) is 4.79 Å². The van der Waals surface area contributed by atoms with Gasteiger partial charge in [-0.2, -0.15) is 0 Å². The third-order valence-corrected chi connectivity index (χ3v) is 8.56. The van der Waals surface area contributed by atoms with Gasteiger partial charge in [0.05, 0.1) is 0 Å². The molecule has 1 amide bonds. The zero-order valence-electron chi connectivity index (χ0n) is 16.4. The minimum absolute atomic E-state index is 0.290. The van der Waals surface area contributed by atoms with E-state index in [-0.39, 0.29) is 0 Å². The Kier molecular flexibility index (Phi) is 4.34. The first-order chi connectivity index (χ1) is 12.9. The van der Waals surface area contributed by atoms with Gasteiger partial charge in [0.25, 0.3) is 0 Å². The summed E-state index contributed by atoms with van der Waals surface area (Å²) in [4.78, 5) is 17.7. The highest BCUT2D eigenvalue weighted by molar-refractivity contribution is 9.10. The zero-order chi connectivity index (χ0) is 18.6. The van der Waals surface area contributed by atoms with Crippen molar-refractivity contribution in [3.8, 4) is 0 Å². The third kappa shape index (κ3) is 3.43. The molecule has 5 aliphatic rings. The fraction of sp³-hybridized carbons (Fsp3) is 0.696. The summed E-state index contributed by atoms with van der Waals surface area (Å²) in [6.45, 7) is 5.79. The number of aryl methyl sites for hydroxylation is 1. The number of alkyl halides is 1. The van der Waals surface area contributed by atoms with Crippen LogP contribution in [0, 0.1) is 24.2 Å². The molecule has 4 heteroatoms. The van der Waals surface area contributed by atoms with E-state index < -0.39 is 0 Å². The summed E-state index contributed by atoms with van der Waals surface area (Å²) < 4.78 is 0.348. The smallest absolute Gasteiger partial charge is 0.223 e. The van der Waals surface area contributed by atoms with Gasteiger partial charge in [-0.25, -0.2) is 0 Å². The Labute approximate surface area is 171 Å². The van der Waals surface area contributed by atoms with Crippen molar-refractivity contribution in [2.75, 3.05) is 31.1 Å². The average Bonchev–Trinajstić information content (AvgIpc) is 2.59. The van der Waals surface area contributed by atoms with Gasteiger partial charge in [-0.05, 0) is 80.4 Å². The summed E-state index contributed by atoms with van der Waals surface area (Å²) in [5, 5.41) is 0. The SMILES string of the molecule is Cc1cccc(N2CCN(C(=O)CC34CC5CC(CC(Br)(C5)C3)C4)CC2)c1. The van der Waals surface area contributed by atoms with E-state index in [4.69, 9.17) is 0 Å². The predicted molar refractivity (Wildman–Crippen MR) is 113 cm³/mol. The van der Waals surface area contributed by atoms with Crippen molar-refractivity contribution in [3.05, 3.63) is 29.8 Å². The quantitative estimate of drug-likeness (QED) is 0.644. The number of hydrogen-bond donors (Lipinski definition) is 0. The maximum atomic E-state index is 13.2. The second-order valence-electron chi connectivity index (χ2n) is 10.00. The molecule has 3 nitrogen and oxygen atoms in total. The molecule has 1 aromatic carbocycles. The van der Waals surface area contributed by atoms with Crippen molar-refractivity contribution in [3.63, 3.8) is 0 Å². The Morgan fingerprint density at radius 3 is 2.44 bits per heavy atom. The van der Waals surface area contributed by atoms with Gasteiger partial charge < -0.3 is 9.80 Å². The van der Waals surface area contributed by atoms with E-state index in [2.05, 4.69) is 56.9 Å². The van der Waals surface area contributed by atoms with E-state index in [1.54, 1.807) is 0 Å². The van der Waals surface area contributed by atoms with Crippen molar-refractivity contribution < 1.29 is 4.79 Å². The molecule has 4 aliphatic carbocycles. The Hall–Kier alpha value is -1.03. The molecule has 0 aromatic heterocycles. The minimum atomic E-state index is 0.290. The first-order valence-electron chi connectivity index (χ1n) is 10.7. The van der Waals surface area contributed by atoms with Gasteiger partial charge in [-0.15, -0.1) is 0 Å². The van der Waals surface area contributed by atoms with Crippen LogP contribution in [0.5, 0.6) is 0 Å². The van der Waals surface area contributed by atoms with Crippen molar-refractivity contribution in [2.45, 2.75) is 56.2 Å². The highest BCUT2D eigenvalue weighted by Gasteiger charge is 2.57. The molecule has 2 atom stereocenters. The Morgan fingerprint density at radius 2 is 1.81 bits per heavy atom. The van der Waals surface area contributed by atoms with Crippen molar-refractivity contribution in [1.29, 1.82) is 0 Å². The topological polar surface area (TPSA) is 23.6 Å². The summed E-state index contributed by atoms with van der Waals surface area (Å²) in [6.07, 6.45) is 8.71. The second kappa shape index (κ2) is 6.50. The number of rotatable bonds is 3. The summed E-state index contributed by atoms with van der Waals surface area (Å²) in [5.41, 5.74) is 2.89. The van der Waals surface area contributed by atoms with Gasteiger partial charge in [0.1, 0.15) is 0 Å². The highest BCUT2D eigenvalue weighted by Crippen LogP contribution is 2.65. The number of nitrogens with zero attached hydrogens (tertiary/aromatic N) is 2. The molecule has 5 fully saturated rings. The van der Waals surface area contributed by atoms with Crippen LogP contribution in [0.2, 0.25) is 0 Å². The van der Waals surface area contributed by atoms with Crippen molar-refractivity contribution >= 4 is 27.5 Å². The average molecular weight is 431 g/mol. The number of piperazine rings is 1. The molecule has 4 bridgehead atoms. The number of anilines is 1. The van der Waals surface area contributed by atoms with Crippen LogP contribution in [0.25, 0.3) is 0 Å². The first kappa shape index (κ1) is 18.0. The predicted octanol–water partition coefficient (Wildman–Crippen LogP) is 4.77. The van der Waals surface area contributed by atoms with Gasteiger partial charge in [0, 0.05) is 42.6 Å². The van der Waals surface area contributed by atoms with Crippen LogP contribution < -0.4 is 4.90 Å². The lowest BCUT2D eigenvalue weighted by molar-refractivity contribution is -0.138. The van der Waals surface area contributed by atoms with Gasteiger partial charge in [-0.1, -0.05) is 28.1 Å². The number of halogens is 1. The molecule has 4 saturated carbocycles. The largest absolute Gasteiger partial charge is 0.368 e. The fourth-order valence-electron chi connectivity index (χ4n) is 7.01. The molecule has 6 rings (SSSR count). The number of carbonyl (C=O) groups is 1. The summed E-state index contributed by atoms with van der Waals surface area (Å²) in [6, 6.07) is 8.72. The van der Waals surface area contributed by atoms with Crippen LogP contribution in [0.1, 0.15) is 50.5 Å². The van der Waals surface area contributed by atoms with E-state index in [0.29, 0.717) is 15.6 Å². The molecular formula is C23H31BrN2O. The number of hydrogen-bond acceptors (Lipinski definition) is 2. The van der Waals surface area contributed by atoms with Crippen LogP contribution >= 0.6 is 15.9 Å². The molecule has 0 radical (unpaired) electrons. The van der Waals surface area contributed by atoms with Crippen molar-refractivity contribution in [2.24, 2.45) is 17.3 Å². The van der Waals surface area contributed by atoms with Crippen LogP contribution in [0.3, 0.4) is 0 Å². The standard InChI is InChI=1S/C23H31BrN2O/c1-17-3-2-4-20(9-17)25-5-7-26(8-6-25)21(27)15-22-11-18-10-19(12-22)14-23(24,13-18)16-22/h2-4,9,18-19H,5-8,10-16H2,1H3. The number of benzene rings is 1. The molecule has 146 valence electrons. The fourth-order valence-corrected chi connectivity index (χ4v) is 8.52. The lowest BCUT2D eigenvalue weighted by Gasteiger charge is -2.60. The lowest BCUT2D eigenvalue weighted by atomic mass is 9.48. The normalized spacial score (nSPS) is 37.7. The lowest BCUT2D eigenvalue weighted by Crippen LogP contribution is -2.55. The molecule has 0 spiro atoms. The highest BCUT2D eigenvalue weighted by atomic mass is 79.9. The molecule has 1 aliphatic heterocycles. The van der Waals surface area contributed by atoms with Gasteiger partial charge in [-0.3, -0.25) is 4.79 Å². The molecule has 1 saturated heterocycles. The monoisotopic (exact) mass is 430 g/mol. The molecule has 27 heavy (non-hydrogen) atoms. The van der Waals surface area contributed by atoms with Gasteiger partial charge >= 0.3 is 0 Å². The third-order valence-electron chi connectivity index (χ3n) is 7.64. The van der Waals surface area contributed by atoms with Crippen LogP contribution in [-0.4, -0.2) is 41.3 Å². The molecule has 2 unspecified atom stereocenters. The number of carbonyl (C=O) groups excluding carboxylic acids is 1. The Morgan fingerprint density at radius 1 is 1.11 bits per heavy atom. The van der Waals surface area contributed by atoms with E-state index in [0.717, 1.165) is 44.4 Å². The van der Waals surface area contributed by atoms with E-state index in [1.165, 1.54) is 49.8 Å².